The SMILES string of the molecule is CCN(C(=O)OCC1c2ccccc2-c2ccccc21)[C@@H](CCC(=O)OC(C)(C)C)C(=O)OC. The first-order valence-electron chi connectivity index (χ1n) is 11.6. The minimum atomic E-state index is -0.946. The predicted molar refractivity (Wildman–Crippen MR) is 128 cm³/mol. The number of carbonyl (C=O) groups excluding carboxylic acids is 3. The molecule has 1 atom stereocenters. The van der Waals surface area contributed by atoms with Gasteiger partial charge in [0.15, 0.2) is 0 Å². The molecule has 2 aromatic rings. The summed E-state index contributed by atoms with van der Waals surface area (Å²) in [4.78, 5) is 39.0. The van der Waals surface area contributed by atoms with Gasteiger partial charge in [-0.15, -0.1) is 0 Å². The van der Waals surface area contributed by atoms with Crippen molar-refractivity contribution in [3.8, 4) is 11.1 Å². The Balaban J connectivity index is 1.71. The van der Waals surface area contributed by atoms with Gasteiger partial charge < -0.3 is 14.2 Å². The highest BCUT2D eigenvalue weighted by Crippen LogP contribution is 2.44. The van der Waals surface area contributed by atoms with Crippen molar-refractivity contribution in [2.24, 2.45) is 0 Å². The molecule has 0 radical (unpaired) electrons. The summed E-state index contributed by atoms with van der Waals surface area (Å²) in [6, 6.07) is 15.2. The molecule has 0 heterocycles. The second-order valence-corrected chi connectivity index (χ2v) is 9.25. The molecule has 0 aromatic heterocycles. The van der Waals surface area contributed by atoms with Gasteiger partial charge >= 0.3 is 18.0 Å². The van der Waals surface area contributed by atoms with Crippen LogP contribution in [0.1, 0.15) is 57.6 Å². The maximum Gasteiger partial charge on any atom is 0.410 e. The zero-order chi connectivity index (χ0) is 24.9. The van der Waals surface area contributed by atoms with Crippen molar-refractivity contribution in [2.45, 2.75) is 58.1 Å². The van der Waals surface area contributed by atoms with Crippen molar-refractivity contribution in [2.75, 3.05) is 20.3 Å². The van der Waals surface area contributed by atoms with E-state index in [1.165, 1.54) is 12.0 Å². The van der Waals surface area contributed by atoms with E-state index < -0.39 is 29.7 Å². The molecule has 3 rings (SSSR count). The molecule has 1 amide bonds. The van der Waals surface area contributed by atoms with Crippen LogP contribution in [0.2, 0.25) is 0 Å². The van der Waals surface area contributed by atoms with Crippen LogP contribution >= 0.6 is 0 Å². The molecule has 0 aliphatic heterocycles. The highest BCUT2D eigenvalue weighted by Gasteiger charge is 2.34. The van der Waals surface area contributed by atoms with E-state index in [1.807, 2.05) is 36.4 Å². The van der Waals surface area contributed by atoms with Crippen LogP contribution in [0.5, 0.6) is 0 Å². The van der Waals surface area contributed by atoms with Crippen molar-refractivity contribution in [3.63, 3.8) is 0 Å². The van der Waals surface area contributed by atoms with E-state index in [1.54, 1.807) is 27.7 Å². The minimum Gasteiger partial charge on any atom is -0.467 e. The highest BCUT2D eigenvalue weighted by atomic mass is 16.6. The lowest BCUT2D eigenvalue weighted by atomic mass is 9.98. The standard InChI is InChI=1S/C27H33NO6/c1-6-28(23(25(30)32-5)15-16-24(29)34-27(2,3)4)26(31)33-17-22-20-13-9-7-11-18(20)19-12-8-10-14-21(19)22/h7-14,22-23H,6,15-17H2,1-5H3/t23-/m0/s1. The summed E-state index contributed by atoms with van der Waals surface area (Å²) < 4.78 is 16.0. The van der Waals surface area contributed by atoms with Gasteiger partial charge in [0.25, 0.3) is 0 Å². The van der Waals surface area contributed by atoms with E-state index in [9.17, 15) is 14.4 Å². The van der Waals surface area contributed by atoms with Crippen molar-refractivity contribution >= 4 is 18.0 Å². The smallest absolute Gasteiger partial charge is 0.410 e. The number of benzene rings is 2. The summed E-state index contributed by atoms with van der Waals surface area (Å²) in [5.41, 5.74) is 3.85. The summed E-state index contributed by atoms with van der Waals surface area (Å²) in [6.07, 6.45) is -0.562. The Morgan fingerprint density at radius 1 is 0.971 bits per heavy atom. The second kappa shape index (κ2) is 10.7. The summed E-state index contributed by atoms with van der Waals surface area (Å²) >= 11 is 0. The number of fused-ring (bicyclic) bond motifs is 3. The molecule has 1 aliphatic carbocycles. The molecule has 1 aliphatic rings. The zero-order valence-electron chi connectivity index (χ0n) is 20.5. The van der Waals surface area contributed by atoms with Crippen molar-refractivity contribution < 1.29 is 28.6 Å². The number of rotatable bonds is 8. The Labute approximate surface area is 201 Å². The molecule has 0 N–H and O–H groups in total. The van der Waals surface area contributed by atoms with Crippen LogP contribution < -0.4 is 0 Å². The van der Waals surface area contributed by atoms with Crippen LogP contribution in [-0.4, -0.2) is 54.8 Å². The lowest BCUT2D eigenvalue weighted by Crippen LogP contribution is -2.46. The van der Waals surface area contributed by atoms with E-state index >= 15 is 0 Å². The lowest BCUT2D eigenvalue weighted by Gasteiger charge is -2.29. The summed E-state index contributed by atoms with van der Waals surface area (Å²) in [6.45, 7) is 7.45. The normalized spacial score (nSPS) is 13.4. The maximum atomic E-state index is 13.1. The van der Waals surface area contributed by atoms with Gasteiger partial charge in [-0.2, -0.15) is 0 Å². The van der Waals surface area contributed by atoms with E-state index in [0.717, 1.165) is 22.3 Å². The van der Waals surface area contributed by atoms with Crippen molar-refractivity contribution in [1.82, 2.24) is 4.90 Å². The Morgan fingerprint density at radius 2 is 1.53 bits per heavy atom. The first kappa shape index (κ1) is 25.3. The number of hydrogen-bond donors (Lipinski definition) is 0. The molecule has 0 bridgehead atoms. The average molecular weight is 468 g/mol. The number of esters is 2. The predicted octanol–water partition coefficient (Wildman–Crippen LogP) is 4.92. The molecule has 0 saturated carbocycles. The Hall–Kier alpha value is -3.35. The molecule has 0 saturated heterocycles. The molecule has 7 nitrogen and oxygen atoms in total. The number of nitrogens with zero attached hydrogens (tertiary/aromatic N) is 1. The zero-order valence-corrected chi connectivity index (χ0v) is 20.5. The van der Waals surface area contributed by atoms with E-state index in [-0.39, 0.29) is 31.9 Å². The van der Waals surface area contributed by atoms with Crippen molar-refractivity contribution in [3.05, 3.63) is 59.7 Å². The number of likely N-dealkylation sites (N-methyl/N-ethyl adjacent to an activating group) is 1. The monoisotopic (exact) mass is 467 g/mol. The summed E-state index contributed by atoms with van der Waals surface area (Å²) in [7, 11) is 1.26. The molecule has 182 valence electrons. The van der Waals surface area contributed by atoms with Crippen LogP contribution in [0.3, 0.4) is 0 Å². The highest BCUT2D eigenvalue weighted by molar-refractivity contribution is 5.83. The molecule has 0 spiro atoms. The van der Waals surface area contributed by atoms with Crippen molar-refractivity contribution in [1.29, 1.82) is 0 Å². The third-order valence-electron chi connectivity index (χ3n) is 5.80. The van der Waals surface area contributed by atoms with Crippen LogP contribution in [0, 0.1) is 0 Å². The van der Waals surface area contributed by atoms with Gasteiger partial charge in [-0.05, 0) is 56.4 Å². The maximum absolute atomic E-state index is 13.1. The van der Waals surface area contributed by atoms with E-state index in [4.69, 9.17) is 14.2 Å². The van der Waals surface area contributed by atoms with Gasteiger partial charge in [-0.25, -0.2) is 9.59 Å². The van der Waals surface area contributed by atoms with Gasteiger partial charge in [0.1, 0.15) is 18.2 Å². The minimum absolute atomic E-state index is 0.0236. The third kappa shape index (κ3) is 5.76. The van der Waals surface area contributed by atoms with Gasteiger partial charge in [0.05, 0.1) is 7.11 Å². The summed E-state index contributed by atoms with van der Waals surface area (Å²) in [5.74, 6) is -1.13. The Bertz CT molecular complexity index is 996. The largest absolute Gasteiger partial charge is 0.467 e. The molecule has 0 unspecified atom stereocenters. The quantitative estimate of drug-likeness (QED) is 0.405. The second-order valence-electron chi connectivity index (χ2n) is 9.25. The number of methoxy groups -OCH3 is 1. The first-order valence-corrected chi connectivity index (χ1v) is 11.6. The van der Waals surface area contributed by atoms with E-state index in [0.29, 0.717) is 0 Å². The topological polar surface area (TPSA) is 82.1 Å². The average Bonchev–Trinajstić information content (AvgIpc) is 3.12. The van der Waals surface area contributed by atoms with E-state index in [2.05, 4.69) is 12.1 Å². The third-order valence-corrected chi connectivity index (χ3v) is 5.80. The van der Waals surface area contributed by atoms with Crippen LogP contribution in [-0.2, 0) is 23.8 Å². The molecule has 34 heavy (non-hydrogen) atoms. The number of ether oxygens (including phenoxy) is 3. The fourth-order valence-corrected chi connectivity index (χ4v) is 4.34. The molecule has 2 aromatic carbocycles. The number of hydrogen-bond acceptors (Lipinski definition) is 6. The number of amides is 1. The van der Waals surface area contributed by atoms with Crippen LogP contribution in [0.15, 0.2) is 48.5 Å². The molecular weight excluding hydrogens is 434 g/mol. The summed E-state index contributed by atoms with van der Waals surface area (Å²) in [5, 5.41) is 0. The van der Waals surface area contributed by atoms with Gasteiger partial charge in [-0.3, -0.25) is 9.69 Å². The Kier molecular flexibility index (Phi) is 7.97. The fourth-order valence-electron chi connectivity index (χ4n) is 4.34. The van der Waals surface area contributed by atoms with Crippen LogP contribution in [0.25, 0.3) is 11.1 Å². The molecular formula is C27H33NO6. The lowest BCUT2D eigenvalue weighted by molar-refractivity contribution is -0.155. The van der Waals surface area contributed by atoms with Gasteiger partial charge in [-0.1, -0.05) is 48.5 Å². The van der Waals surface area contributed by atoms with Gasteiger partial charge in [0.2, 0.25) is 0 Å². The first-order chi connectivity index (χ1) is 16.2. The van der Waals surface area contributed by atoms with Gasteiger partial charge in [0, 0.05) is 18.9 Å². The Morgan fingerprint density at radius 3 is 2.03 bits per heavy atom. The molecule has 0 fully saturated rings. The molecule has 7 heteroatoms. The fraction of sp³-hybridized carbons (Fsp3) is 0.444. The van der Waals surface area contributed by atoms with Crippen LogP contribution in [0.4, 0.5) is 4.79 Å². The number of carbonyl (C=O) groups is 3.